The average Bonchev–Trinajstić information content (AvgIpc) is 2.56. The molecule has 1 rings (SSSR count). The Bertz CT molecular complexity index is 444. The number of ether oxygens (including phenoxy) is 3. The van der Waals surface area contributed by atoms with Crippen LogP contribution >= 0.6 is 0 Å². The zero-order valence-corrected chi connectivity index (χ0v) is 17.6. The summed E-state index contributed by atoms with van der Waals surface area (Å²) >= 11 is 0. The quantitative estimate of drug-likeness (QED) is 0.568. The molecule has 0 amide bonds. The van der Waals surface area contributed by atoms with Crippen LogP contribution in [0.3, 0.4) is 0 Å². The zero-order chi connectivity index (χ0) is 19.9. The Labute approximate surface area is 159 Å². The number of rotatable bonds is 9. The summed E-state index contributed by atoms with van der Waals surface area (Å²) in [7, 11) is 0. The van der Waals surface area contributed by atoms with Crippen molar-refractivity contribution in [2.24, 2.45) is 29.6 Å². The van der Waals surface area contributed by atoms with Crippen molar-refractivity contribution in [3.63, 3.8) is 0 Å². The highest BCUT2D eigenvalue weighted by molar-refractivity contribution is 5.72. The molecule has 0 spiro atoms. The lowest BCUT2D eigenvalue weighted by molar-refractivity contribution is -0.170. The first-order chi connectivity index (χ1) is 12.1. The molecule has 1 aliphatic carbocycles. The van der Waals surface area contributed by atoms with E-state index in [0.717, 1.165) is 6.42 Å². The van der Waals surface area contributed by atoms with E-state index in [4.69, 9.17) is 14.2 Å². The van der Waals surface area contributed by atoms with Crippen molar-refractivity contribution in [1.82, 2.24) is 0 Å². The van der Waals surface area contributed by atoms with Crippen LogP contribution in [0.25, 0.3) is 0 Å². The minimum absolute atomic E-state index is 0.0457. The second-order valence-corrected chi connectivity index (χ2v) is 8.70. The summed E-state index contributed by atoms with van der Waals surface area (Å²) in [4.78, 5) is 23.7. The number of hydrogen-bond acceptors (Lipinski definition) is 5. The van der Waals surface area contributed by atoms with Crippen LogP contribution < -0.4 is 0 Å². The average molecular weight is 371 g/mol. The van der Waals surface area contributed by atoms with Crippen molar-refractivity contribution >= 4 is 11.9 Å². The molecule has 0 aliphatic heterocycles. The lowest BCUT2D eigenvalue weighted by atomic mass is 9.75. The molecule has 152 valence electrons. The Kier molecular flexibility index (Phi) is 9.62. The summed E-state index contributed by atoms with van der Waals surface area (Å²) in [5.41, 5.74) is 0. The van der Waals surface area contributed by atoms with Crippen molar-refractivity contribution in [2.45, 2.75) is 79.9 Å². The van der Waals surface area contributed by atoms with Gasteiger partial charge in [0.15, 0.2) is 6.10 Å². The zero-order valence-electron chi connectivity index (χ0n) is 17.6. The van der Waals surface area contributed by atoms with Gasteiger partial charge < -0.3 is 14.2 Å². The number of esters is 2. The molecule has 0 heterocycles. The van der Waals surface area contributed by atoms with E-state index in [9.17, 15) is 9.59 Å². The second kappa shape index (κ2) is 10.9. The molecule has 0 saturated heterocycles. The van der Waals surface area contributed by atoms with E-state index in [0.29, 0.717) is 17.8 Å². The van der Waals surface area contributed by atoms with Crippen molar-refractivity contribution in [1.29, 1.82) is 0 Å². The first kappa shape index (κ1) is 22.9. The van der Waals surface area contributed by atoms with Gasteiger partial charge in [-0.15, -0.1) is 0 Å². The third-order valence-electron chi connectivity index (χ3n) is 5.09. The molecule has 5 heteroatoms. The third kappa shape index (κ3) is 7.65. The van der Waals surface area contributed by atoms with Gasteiger partial charge in [-0.2, -0.15) is 0 Å². The highest BCUT2D eigenvalue weighted by Gasteiger charge is 2.32. The lowest BCUT2D eigenvalue weighted by Crippen LogP contribution is -2.38. The normalized spacial score (nSPS) is 24.8. The molecule has 0 bridgehead atoms. The van der Waals surface area contributed by atoms with Crippen LogP contribution in [0.2, 0.25) is 0 Å². The summed E-state index contributed by atoms with van der Waals surface area (Å²) in [6, 6.07) is 0. The molecule has 0 radical (unpaired) electrons. The van der Waals surface area contributed by atoms with Crippen LogP contribution in [-0.2, 0) is 23.8 Å². The maximum atomic E-state index is 12.0. The van der Waals surface area contributed by atoms with Gasteiger partial charge in [-0.25, -0.2) is 0 Å². The van der Waals surface area contributed by atoms with Gasteiger partial charge in [-0.05, 0) is 30.6 Å². The van der Waals surface area contributed by atoms with Crippen molar-refractivity contribution in [3.05, 3.63) is 0 Å². The minimum Gasteiger partial charge on any atom is -0.461 e. The van der Waals surface area contributed by atoms with Gasteiger partial charge in [0.25, 0.3) is 0 Å². The van der Waals surface area contributed by atoms with Crippen LogP contribution in [0.5, 0.6) is 0 Å². The van der Waals surface area contributed by atoms with Crippen molar-refractivity contribution in [2.75, 3.05) is 13.2 Å². The number of carbonyl (C=O) groups is 2. The predicted molar refractivity (Wildman–Crippen MR) is 102 cm³/mol. The third-order valence-corrected chi connectivity index (χ3v) is 5.09. The summed E-state index contributed by atoms with van der Waals surface area (Å²) in [5.74, 6) is 0.705. The lowest BCUT2D eigenvalue weighted by Gasteiger charge is -2.37. The molecular weight excluding hydrogens is 332 g/mol. The van der Waals surface area contributed by atoms with Gasteiger partial charge in [0.2, 0.25) is 0 Å². The molecule has 1 fully saturated rings. The van der Waals surface area contributed by atoms with Gasteiger partial charge >= 0.3 is 11.9 Å². The molecule has 0 aromatic heterocycles. The first-order valence-electron chi connectivity index (χ1n) is 10.1. The fraction of sp³-hybridized carbons (Fsp3) is 0.905. The highest BCUT2D eigenvalue weighted by Crippen LogP contribution is 2.35. The summed E-state index contributed by atoms with van der Waals surface area (Å²) in [6.45, 7) is 14.2. The molecular formula is C21H38O5. The Morgan fingerprint density at radius 2 is 1.54 bits per heavy atom. The van der Waals surface area contributed by atoms with Gasteiger partial charge in [0.05, 0.1) is 24.5 Å². The molecule has 4 atom stereocenters. The van der Waals surface area contributed by atoms with Crippen molar-refractivity contribution < 1.29 is 23.8 Å². The smallest absolute Gasteiger partial charge is 0.308 e. The topological polar surface area (TPSA) is 61.8 Å². The van der Waals surface area contributed by atoms with Gasteiger partial charge in [-0.1, -0.05) is 54.9 Å². The standard InChI is InChI=1S/C21H38O5/c1-13(2)18-9-8-16(7)10-19(18)24-11-17(26-21(23)15(5)6)12-25-20(22)14(3)4/h13-19H,8-12H2,1-7H3. The van der Waals surface area contributed by atoms with Crippen molar-refractivity contribution in [3.8, 4) is 0 Å². The molecule has 1 saturated carbocycles. The minimum atomic E-state index is -0.558. The van der Waals surface area contributed by atoms with Crippen LogP contribution in [-0.4, -0.2) is 37.4 Å². The molecule has 26 heavy (non-hydrogen) atoms. The monoisotopic (exact) mass is 370 g/mol. The van der Waals surface area contributed by atoms with E-state index in [1.165, 1.54) is 12.8 Å². The largest absolute Gasteiger partial charge is 0.461 e. The first-order valence-corrected chi connectivity index (χ1v) is 10.1. The summed E-state index contributed by atoms with van der Waals surface area (Å²) in [6.07, 6.45) is 3.04. The number of carbonyl (C=O) groups excluding carboxylic acids is 2. The molecule has 0 aromatic rings. The molecule has 1 aliphatic rings. The van der Waals surface area contributed by atoms with E-state index in [2.05, 4.69) is 20.8 Å². The second-order valence-electron chi connectivity index (χ2n) is 8.70. The Balaban J connectivity index is 2.67. The summed E-state index contributed by atoms with van der Waals surface area (Å²) < 4.78 is 17.0. The fourth-order valence-electron chi connectivity index (χ4n) is 3.30. The summed E-state index contributed by atoms with van der Waals surface area (Å²) in [5, 5.41) is 0. The maximum absolute atomic E-state index is 12.0. The molecule has 5 nitrogen and oxygen atoms in total. The molecule has 0 aromatic carbocycles. The Hall–Kier alpha value is -1.10. The van der Waals surface area contributed by atoms with E-state index >= 15 is 0 Å². The van der Waals surface area contributed by atoms with E-state index < -0.39 is 6.10 Å². The van der Waals surface area contributed by atoms with E-state index in [1.54, 1.807) is 27.7 Å². The van der Waals surface area contributed by atoms with Crippen LogP contribution in [0.15, 0.2) is 0 Å². The maximum Gasteiger partial charge on any atom is 0.308 e. The van der Waals surface area contributed by atoms with Gasteiger partial charge in [-0.3, -0.25) is 9.59 Å². The fourth-order valence-corrected chi connectivity index (χ4v) is 3.30. The predicted octanol–water partition coefficient (Wildman–Crippen LogP) is 4.23. The van der Waals surface area contributed by atoms with Crippen LogP contribution in [0.1, 0.15) is 67.7 Å². The highest BCUT2D eigenvalue weighted by atomic mass is 16.6. The number of hydrogen-bond donors (Lipinski definition) is 0. The Morgan fingerprint density at radius 1 is 0.923 bits per heavy atom. The Morgan fingerprint density at radius 3 is 2.08 bits per heavy atom. The SMILES string of the molecule is CC1CCC(C(C)C)C(OCC(COC(=O)C(C)C)OC(=O)C(C)C)C1. The van der Waals surface area contributed by atoms with Gasteiger partial charge in [0.1, 0.15) is 6.61 Å². The van der Waals surface area contributed by atoms with Gasteiger partial charge in [0, 0.05) is 0 Å². The molecule has 4 unspecified atom stereocenters. The van der Waals surface area contributed by atoms with Crippen LogP contribution in [0, 0.1) is 29.6 Å². The van der Waals surface area contributed by atoms with E-state index in [1.807, 2.05) is 0 Å². The van der Waals surface area contributed by atoms with E-state index in [-0.39, 0.29) is 43.1 Å². The van der Waals surface area contributed by atoms with Crippen LogP contribution in [0.4, 0.5) is 0 Å². The molecule has 0 N–H and O–H groups in total.